The van der Waals surface area contributed by atoms with Crippen LogP contribution in [0.3, 0.4) is 0 Å². The second kappa shape index (κ2) is 7.70. The van der Waals surface area contributed by atoms with E-state index in [1.54, 1.807) is 0 Å². The highest BCUT2D eigenvalue weighted by atomic mass is 16.5. The molecular formula is C14H19NO6. The second-order valence-electron chi connectivity index (χ2n) is 4.46. The van der Waals surface area contributed by atoms with Crippen LogP contribution >= 0.6 is 0 Å². The van der Waals surface area contributed by atoms with Crippen molar-refractivity contribution in [3.63, 3.8) is 0 Å². The number of pyridine rings is 1. The Labute approximate surface area is 122 Å². The molecule has 7 heteroatoms. The number of aromatic carboxylic acids is 2. The molecule has 0 aromatic carbocycles. The van der Waals surface area contributed by atoms with Crippen LogP contribution in [-0.4, -0.2) is 41.4 Å². The van der Waals surface area contributed by atoms with E-state index >= 15 is 0 Å². The van der Waals surface area contributed by atoms with E-state index in [0.717, 1.165) is 0 Å². The van der Waals surface area contributed by atoms with Crippen molar-refractivity contribution in [1.82, 2.24) is 4.98 Å². The summed E-state index contributed by atoms with van der Waals surface area (Å²) in [7, 11) is 2.85. The van der Waals surface area contributed by atoms with Crippen molar-refractivity contribution in [1.29, 1.82) is 0 Å². The van der Waals surface area contributed by atoms with Gasteiger partial charge in [-0.15, -0.1) is 0 Å². The Morgan fingerprint density at radius 2 is 1.43 bits per heavy atom. The summed E-state index contributed by atoms with van der Waals surface area (Å²) in [5.74, 6) is -2.41. The Kier molecular flexibility index (Phi) is 6.26. The first-order chi connectivity index (χ1) is 9.97. The summed E-state index contributed by atoms with van der Waals surface area (Å²) in [5.41, 5.74) is 0.523. The van der Waals surface area contributed by atoms with Gasteiger partial charge >= 0.3 is 11.9 Å². The van der Waals surface area contributed by atoms with E-state index in [2.05, 4.69) is 4.98 Å². The lowest BCUT2D eigenvalue weighted by molar-refractivity contribution is 0.0685. The average molecular weight is 297 g/mol. The predicted octanol–water partition coefficient (Wildman–Crippen LogP) is 1.72. The lowest BCUT2D eigenvalue weighted by Gasteiger charge is -2.16. The molecule has 0 bridgehead atoms. The maximum absolute atomic E-state index is 11.5. The maximum atomic E-state index is 11.5. The van der Waals surface area contributed by atoms with Crippen molar-refractivity contribution < 1.29 is 29.3 Å². The number of carboxylic acids is 2. The zero-order chi connectivity index (χ0) is 16.0. The zero-order valence-electron chi connectivity index (χ0n) is 12.3. The SMILES string of the molecule is CCCc1c(C(=O)O)c(COC)nc(COC)c1C(=O)O. The lowest BCUT2D eigenvalue weighted by atomic mass is 9.94. The monoisotopic (exact) mass is 297 g/mol. The largest absolute Gasteiger partial charge is 0.478 e. The summed E-state index contributed by atoms with van der Waals surface area (Å²) in [6, 6.07) is 0. The van der Waals surface area contributed by atoms with Crippen LogP contribution < -0.4 is 0 Å². The lowest BCUT2D eigenvalue weighted by Crippen LogP contribution is -2.19. The standard InChI is InChI=1S/C14H19NO6/c1-4-5-8-11(13(16)17)9(6-20-2)15-10(7-21-3)12(8)14(18)19/h4-7H2,1-3H3,(H,16,17)(H,18,19). The van der Waals surface area contributed by atoms with Gasteiger partial charge in [0, 0.05) is 14.2 Å². The third-order valence-corrected chi connectivity index (χ3v) is 2.94. The molecule has 0 unspecified atom stereocenters. The normalized spacial score (nSPS) is 10.6. The predicted molar refractivity (Wildman–Crippen MR) is 73.6 cm³/mol. The van der Waals surface area contributed by atoms with Crippen molar-refractivity contribution in [2.75, 3.05) is 14.2 Å². The molecule has 0 aliphatic heterocycles. The fourth-order valence-electron chi connectivity index (χ4n) is 2.24. The van der Waals surface area contributed by atoms with E-state index in [9.17, 15) is 19.8 Å². The first-order valence-electron chi connectivity index (χ1n) is 6.46. The molecule has 1 aromatic rings. The molecule has 0 fully saturated rings. The summed E-state index contributed by atoms with van der Waals surface area (Å²) >= 11 is 0. The molecule has 1 heterocycles. The van der Waals surface area contributed by atoms with Gasteiger partial charge < -0.3 is 19.7 Å². The van der Waals surface area contributed by atoms with Gasteiger partial charge in [-0.3, -0.25) is 4.98 Å². The third kappa shape index (κ3) is 3.77. The quantitative estimate of drug-likeness (QED) is 0.752. The average Bonchev–Trinajstić information content (AvgIpc) is 2.38. The van der Waals surface area contributed by atoms with E-state index in [1.807, 2.05) is 6.92 Å². The second-order valence-corrected chi connectivity index (χ2v) is 4.46. The molecule has 1 aromatic heterocycles. The molecule has 0 spiro atoms. The highest BCUT2D eigenvalue weighted by Crippen LogP contribution is 2.24. The number of hydrogen-bond donors (Lipinski definition) is 2. The van der Waals surface area contributed by atoms with Gasteiger partial charge in [0.2, 0.25) is 0 Å². The molecule has 0 saturated carbocycles. The molecule has 0 saturated heterocycles. The summed E-state index contributed by atoms with van der Waals surface area (Å²) in [6.07, 6.45) is 0.947. The van der Waals surface area contributed by atoms with Gasteiger partial charge in [-0.1, -0.05) is 13.3 Å². The molecule has 0 aliphatic carbocycles. The Hall–Kier alpha value is -1.99. The highest BCUT2D eigenvalue weighted by Gasteiger charge is 2.26. The zero-order valence-corrected chi connectivity index (χ0v) is 12.3. The number of carboxylic acid groups (broad SMARTS) is 2. The van der Waals surface area contributed by atoms with E-state index < -0.39 is 11.9 Å². The van der Waals surface area contributed by atoms with E-state index in [4.69, 9.17) is 9.47 Å². The fourth-order valence-corrected chi connectivity index (χ4v) is 2.24. The van der Waals surface area contributed by atoms with Crippen molar-refractivity contribution >= 4 is 11.9 Å². The number of rotatable bonds is 8. The number of ether oxygens (including phenoxy) is 2. The van der Waals surface area contributed by atoms with Crippen LogP contribution in [0.25, 0.3) is 0 Å². The van der Waals surface area contributed by atoms with E-state index in [0.29, 0.717) is 12.8 Å². The summed E-state index contributed by atoms with van der Waals surface area (Å²) in [5, 5.41) is 18.8. The molecule has 0 atom stereocenters. The molecular weight excluding hydrogens is 278 g/mol. The van der Waals surface area contributed by atoms with Crippen LogP contribution in [0.5, 0.6) is 0 Å². The number of carbonyl (C=O) groups is 2. The molecule has 0 radical (unpaired) electrons. The molecule has 0 aliphatic rings. The molecule has 116 valence electrons. The summed E-state index contributed by atoms with van der Waals surface area (Å²) in [6.45, 7) is 1.84. The molecule has 2 N–H and O–H groups in total. The molecule has 0 amide bonds. The van der Waals surface area contributed by atoms with Crippen molar-refractivity contribution in [3.8, 4) is 0 Å². The summed E-state index contributed by atoms with van der Waals surface area (Å²) in [4.78, 5) is 27.2. The van der Waals surface area contributed by atoms with E-state index in [-0.39, 0.29) is 41.3 Å². The Morgan fingerprint density at radius 3 is 1.71 bits per heavy atom. The first-order valence-corrected chi connectivity index (χ1v) is 6.46. The smallest absolute Gasteiger partial charge is 0.337 e. The number of methoxy groups -OCH3 is 2. The van der Waals surface area contributed by atoms with E-state index in [1.165, 1.54) is 14.2 Å². The van der Waals surface area contributed by atoms with Crippen LogP contribution in [0.15, 0.2) is 0 Å². The topological polar surface area (TPSA) is 106 Å². The van der Waals surface area contributed by atoms with Gasteiger partial charge in [0.25, 0.3) is 0 Å². The maximum Gasteiger partial charge on any atom is 0.337 e. The minimum absolute atomic E-state index is 0.00500. The summed E-state index contributed by atoms with van der Waals surface area (Å²) < 4.78 is 9.94. The Balaban J connectivity index is 3.69. The number of nitrogens with zero attached hydrogens (tertiary/aromatic N) is 1. The highest BCUT2D eigenvalue weighted by molar-refractivity contribution is 5.98. The minimum atomic E-state index is -1.20. The van der Waals surface area contributed by atoms with Crippen molar-refractivity contribution in [2.24, 2.45) is 0 Å². The van der Waals surface area contributed by atoms with Gasteiger partial charge in [0.15, 0.2) is 0 Å². The third-order valence-electron chi connectivity index (χ3n) is 2.94. The fraction of sp³-hybridized carbons (Fsp3) is 0.500. The first kappa shape index (κ1) is 17.1. The molecule has 7 nitrogen and oxygen atoms in total. The van der Waals surface area contributed by atoms with Crippen LogP contribution in [0.4, 0.5) is 0 Å². The van der Waals surface area contributed by atoms with Crippen molar-refractivity contribution in [3.05, 3.63) is 28.1 Å². The number of aromatic nitrogens is 1. The van der Waals surface area contributed by atoms with Gasteiger partial charge in [0.05, 0.1) is 35.7 Å². The van der Waals surface area contributed by atoms with Crippen molar-refractivity contribution in [2.45, 2.75) is 33.0 Å². The number of hydrogen-bond acceptors (Lipinski definition) is 5. The van der Waals surface area contributed by atoms with Crippen LogP contribution in [-0.2, 0) is 29.1 Å². The van der Waals surface area contributed by atoms with Gasteiger partial charge in [-0.25, -0.2) is 9.59 Å². The van der Waals surface area contributed by atoms with Gasteiger partial charge in [-0.2, -0.15) is 0 Å². The minimum Gasteiger partial charge on any atom is -0.478 e. The van der Waals surface area contributed by atoms with Gasteiger partial charge in [-0.05, 0) is 12.0 Å². The molecule has 1 rings (SSSR count). The van der Waals surface area contributed by atoms with Crippen LogP contribution in [0, 0.1) is 0 Å². The van der Waals surface area contributed by atoms with Crippen LogP contribution in [0.1, 0.15) is 51.0 Å². The Morgan fingerprint density at radius 1 is 1.00 bits per heavy atom. The van der Waals surface area contributed by atoms with Gasteiger partial charge in [0.1, 0.15) is 0 Å². The molecule has 21 heavy (non-hydrogen) atoms. The van der Waals surface area contributed by atoms with Crippen LogP contribution in [0.2, 0.25) is 0 Å². The Bertz CT molecular complexity index is 499.